The van der Waals surface area contributed by atoms with Gasteiger partial charge in [-0.2, -0.15) is 0 Å². The topological polar surface area (TPSA) is 69.7 Å². The van der Waals surface area contributed by atoms with Gasteiger partial charge in [-0.05, 0) is 26.0 Å². The molecule has 0 spiro atoms. The van der Waals surface area contributed by atoms with E-state index >= 15 is 0 Å². The molecule has 8 nitrogen and oxygen atoms in total. The van der Waals surface area contributed by atoms with Gasteiger partial charge in [0, 0.05) is 50.3 Å². The smallest absolute Gasteiger partial charge is 0.260 e. The fourth-order valence-corrected chi connectivity index (χ4v) is 4.62. The van der Waals surface area contributed by atoms with Crippen molar-refractivity contribution in [1.29, 1.82) is 0 Å². The summed E-state index contributed by atoms with van der Waals surface area (Å²) in [6, 6.07) is 9.74. The Kier molecular flexibility index (Phi) is 7.07. The highest BCUT2D eigenvalue weighted by Gasteiger charge is 2.32. The van der Waals surface area contributed by atoms with Gasteiger partial charge >= 0.3 is 0 Å². The van der Waals surface area contributed by atoms with Crippen LogP contribution in [-0.2, 0) is 17.8 Å². The first-order valence-corrected chi connectivity index (χ1v) is 11.6. The zero-order valence-corrected chi connectivity index (χ0v) is 20.7. The van der Waals surface area contributed by atoms with Gasteiger partial charge in [0.1, 0.15) is 5.60 Å². The van der Waals surface area contributed by atoms with Crippen LogP contribution in [0.5, 0.6) is 28.7 Å². The number of hydrogen-bond acceptors (Lipinski definition) is 7. The molecule has 34 heavy (non-hydrogen) atoms. The van der Waals surface area contributed by atoms with Crippen molar-refractivity contribution in [3.63, 3.8) is 0 Å². The summed E-state index contributed by atoms with van der Waals surface area (Å²) in [5.41, 5.74) is 1.89. The summed E-state index contributed by atoms with van der Waals surface area (Å²) < 4.78 is 28.4. The number of ether oxygens (including phenoxy) is 5. The third-order valence-corrected chi connectivity index (χ3v) is 6.31. The van der Waals surface area contributed by atoms with Crippen LogP contribution < -0.4 is 23.7 Å². The molecule has 1 saturated heterocycles. The molecule has 0 bridgehead atoms. The highest BCUT2D eigenvalue weighted by atomic mass is 16.5. The number of amides is 1. The van der Waals surface area contributed by atoms with Gasteiger partial charge in [0.15, 0.2) is 29.6 Å². The van der Waals surface area contributed by atoms with Crippen molar-refractivity contribution < 1.29 is 28.5 Å². The second-order valence-electron chi connectivity index (χ2n) is 9.22. The Hall–Kier alpha value is -3.13. The Balaban J connectivity index is 1.31. The van der Waals surface area contributed by atoms with Crippen LogP contribution in [0.1, 0.15) is 25.0 Å². The number of carbonyl (C=O) groups excluding carboxylic acids is 1. The maximum Gasteiger partial charge on any atom is 0.260 e. The van der Waals surface area contributed by atoms with Crippen molar-refractivity contribution in [3.05, 3.63) is 41.5 Å². The Morgan fingerprint density at radius 3 is 2.35 bits per heavy atom. The van der Waals surface area contributed by atoms with E-state index in [0.29, 0.717) is 42.6 Å². The molecule has 8 heteroatoms. The van der Waals surface area contributed by atoms with E-state index in [1.165, 1.54) is 0 Å². The number of methoxy groups -OCH3 is 3. The molecule has 184 valence electrons. The lowest BCUT2D eigenvalue weighted by molar-refractivity contribution is -0.135. The molecule has 4 rings (SSSR count). The molecule has 0 atom stereocenters. The molecule has 0 saturated carbocycles. The average molecular weight is 471 g/mol. The third kappa shape index (κ3) is 5.01. The van der Waals surface area contributed by atoms with Gasteiger partial charge in [-0.1, -0.05) is 18.2 Å². The number of hydrogen-bond donors (Lipinski definition) is 0. The zero-order chi connectivity index (χ0) is 24.3. The Morgan fingerprint density at radius 1 is 0.941 bits per heavy atom. The summed E-state index contributed by atoms with van der Waals surface area (Å²) in [7, 11) is 4.84. The van der Waals surface area contributed by atoms with Crippen molar-refractivity contribution in [2.45, 2.75) is 32.4 Å². The van der Waals surface area contributed by atoms with E-state index in [9.17, 15) is 4.79 Å². The van der Waals surface area contributed by atoms with E-state index in [2.05, 4.69) is 18.7 Å². The van der Waals surface area contributed by atoms with Crippen LogP contribution in [0.3, 0.4) is 0 Å². The van der Waals surface area contributed by atoms with Crippen molar-refractivity contribution in [1.82, 2.24) is 9.80 Å². The lowest BCUT2D eigenvalue weighted by atomic mass is 10.0. The summed E-state index contributed by atoms with van der Waals surface area (Å²) in [5.74, 6) is 3.28. The zero-order valence-electron chi connectivity index (χ0n) is 20.7. The first-order chi connectivity index (χ1) is 16.3. The number of para-hydroxylation sites is 1. The Morgan fingerprint density at radius 2 is 1.68 bits per heavy atom. The fourth-order valence-electron chi connectivity index (χ4n) is 4.62. The molecular formula is C26H34N2O6. The number of rotatable bonds is 8. The van der Waals surface area contributed by atoms with E-state index < -0.39 is 0 Å². The van der Waals surface area contributed by atoms with Crippen molar-refractivity contribution in [2.24, 2.45) is 0 Å². The minimum absolute atomic E-state index is 0.00371. The van der Waals surface area contributed by atoms with Crippen molar-refractivity contribution >= 4 is 5.91 Å². The molecule has 2 aliphatic heterocycles. The lowest BCUT2D eigenvalue weighted by Crippen LogP contribution is -2.49. The van der Waals surface area contributed by atoms with E-state index in [4.69, 9.17) is 23.7 Å². The van der Waals surface area contributed by atoms with E-state index in [0.717, 1.165) is 36.4 Å². The van der Waals surface area contributed by atoms with Gasteiger partial charge in [-0.3, -0.25) is 9.69 Å². The minimum atomic E-state index is -0.251. The number of fused-ring (bicyclic) bond motifs is 1. The second-order valence-corrected chi connectivity index (χ2v) is 9.22. The monoisotopic (exact) mass is 470 g/mol. The SMILES string of the molecule is COc1ccc(CN2CCN(C(=O)COc3cccc4c3OC(C)(C)C4)CC2)c(OC)c1OC. The molecule has 2 aliphatic rings. The van der Waals surface area contributed by atoms with Crippen LogP contribution in [0.2, 0.25) is 0 Å². The number of piperazine rings is 1. The maximum atomic E-state index is 12.8. The summed E-state index contributed by atoms with van der Waals surface area (Å²) in [6.07, 6.45) is 0.834. The van der Waals surface area contributed by atoms with E-state index in [-0.39, 0.29) is 18.1 Å². The molecule has 0 aromatic heterocycles. The molecule has 0 radical (unpaired) electrons. The maximum absolute atomic E-state index is 12.8. The molecule has 1 fully saturated rings. The minimum Gasteiger partial charge on any atom is -0.493 e. The Labute approximate surface area is 201 Å². The normalized spacial score (nSPS) is 17.0. The summed E-state index contributed by atoms with van der Waals surface area (Å²) >= 11 is 0. The molecule has 0 unspecified atom stereocenters. The molecule has 0 N–H and O–H groups in total. The quantitative estimate of drug-likeness (QED) is 0.587. The largest absolute Gasteiger partial charge is 0.493 e. The van der Waals surface area contributed by atoms with Gasteiger partial charge in [0.25, 0.3) is 5.91 Å². The van der Waals surface area contributed by atoms with E-state index in [1.54, 1.807) is 21.3 Å². The van der Waals surface area contributed by atoms with Crippen molar-refractivity contribution in [3.8, 4) is 28.7 Å². The van der Waals surface area contributed by atoms with Gasteiger partial charge in [-0.15, -0.1) is 0 Å². The van der Waals surface area contributed by atoms with Crippen LogP contribution in [0, 0.1) is 0 Å². The van der Waals surface area contributed by atoms with Crippen LogP contribution in [0.4, 0.5) is 0 Å². The highest BCUT2D eigenvalue weighted by Crippen LogP contribution is 2.42. The Bertz CT molecular complexity index is 1030. The number of nitrogens with zero attached hydrogens (tertiary/aromatic N) is 2. The van der Waals surface area contributed by atoms with E-state index in [1.807, 2.05) is 35.2 Å². The lowest BCUT2D eigenvalue weighted by Gasteiger charge is -2.35. The third-order valence-electron chi connectivity index (χ3n) is 6.31. The van der Waals surface area contributed by atoms with Gasteiger partial charge < -0.3 is 28.6 Å². The average Bonchev–Trinajstić information content (AvgIpc) is 3.16. The molecule has 1 amide bonds. The summed E-state index contributed by atoms with van der Waals surface area (Å²) in [4.78, 5) is 17.0. The fraction of sp³-hybridized carbons (Fsp3) is 0.500. The van der Waals surface area contributed by atoms with Crippen molar-refractivity contribution in [2.75, 3.05) is 54.1 Å². The molecule has 2 heterocycles. The molecule has 2 aromatic rings. The van der Waals surface area contributed by atoms with Gasteiger partial charge in [-0.25, -0.2) is 0 Å². The summed E-state index contributed by atoms with van der Waals surface area (Å²) in [5, 5.41) is 0. The predicted octanol–water partition coefficient (Wildman–Crippen LogP) is 3.15. The molecule has 2 aromatic carbocycles. The first kappa shape index (κ1) is 24.0. The number of benzene rings is 2. The van der Waals surface area contributed by atoms with Crippen LogP contribution in [0.25, 0.3) is 0 Å². The predicted molar refractivity (Wildman–Crippen MR) is 128 cm³/mol. The second kappa shape index (κ2) is 10.0. The van der Waals surface area contributed by atoms with Gasteiger partial charge in [0.2, 0.25) is 5.75 Å². The molecule has 0 aliphatic carbocycles. The first-order valence-electron chi connectivity index (χ1n) is 11.6. The number of carbonyl (C=O) groups is 1. The van der Waals surface area contributed by atoms with Crippen LogP contribution in [-0.4, -0.2) is 75.4 Å². The van der Waals surface area contributed by atoms with Crippen LogP contribution in [0.15, 0.2) is 30.3 Å². The highest BCUT2D eigenvalue weighted by molar-refractivity contribution is 5.78. The van der Waals surface area contributed by atoms with Gasteiger partial charge in [0.05, 0.1) is 21.3 Å². The summed E-state index contributed by atoms with van der Waals surface area (Å²) in [6.45, 7) is 7.64. The molecular weight excluding hydrogens is 436 g/mol. The standard InChI is InChI=1S/C26H34N2O6/c1-26(2)15-18-7-6-8-21(23(18)34-26)33-17-22(29)28-13-11-27(12-14-28)16-19-9-10-20(30-3)25(32-5)24(19)31-4/h6-10H,11-17H2,1-5H3. The van der Waals surface area contributed by atoms with Crippen LogP contribution >= 0.6 is 0 Å².